The Bertz CT molecular complexity index is 337. The second-order valence-corrected chi connectivity index (χ2v) is 2.36. The van der Waals surface area contributed by atoms with Crippen molar-refractivity contribution in [1.29, 1.82) is 0 Å². The number of hydrogen-bond acceptors (Lipinski definition) is 4. The Balaban J connectivity index is 0.000000292. The van der Waals surface area contributed by atoms with E-state index in [1.54, 1.807) is 6.07 Å². The molecule has 0 aliphatic heterocycles. The molecule has 1 aromatic rings. The van der Waals surface area contributed by atoms with Crippen LogP contribution in [-0.2, 0) is 4.79 Å². The number of phenols is 1. The highest BCUT2D eigenvalue weighted by molar-refractivity contribution is 5.78. The van der Waals surface area contributed by atoms with Crippen LogP contribution in [0.15, 0.2) is 30.9 Å². The molecule has 0 amide bonds. The Labute approximate surface area is 81.3 Å². The van der Waals surface area contributed by atoms with Crippen LogP contribution in [0.5, 0.6) is 5.75 Å². The van der Waals surface area contributed by atoms with E-state index in [-0.39, 0.29) is 5.75 Å². The van der Waals surface area contributed by atoms with Gasteiger partial charge in [-0.1, -0.05) is 6.58 Å². The van der Waals surface area contributed by atoms with Crippen molar-refractivity contribution in [1.82, 2.24) is 0 Å². The Hall–Kier alpha value is -2.17. The summed E-state index contributed by atoms with van der Waals surface area (Å²) in [6.07, 6.45) is 0.833. The smallest absolute Gasteiger partial charge is 0.327 e. The highest BCUT2D eigenvalue weighted by atomic mass is 16.4. The number of aliphatic carboxylic acids is 1. The summed E-state index contributed by atoms with van der Waals surface area (Å²) in [5.41, 5.74) is 11.5. The van der Waals surface area contributed by atoms with Crippen molar-refractivity contribution in [2.75, 3.05) is 11.5 Å². The Kier molecular flexibility index (Phi) is 4.62. The number of carbonyl (C=O) groups is 1. The van der Waals surface area contributed by atoms with E-state index in [4.69, 9.17) is 21.7 Å². The molecule has 0 atom stereocenters. The molecular formula is C9H12N2O3. The van der Waals surface area contributed by atoms with Crippen molar-refractivity contribution >= 4 is 17.3 Å². The molecule has 1 rings (SSSR count). The van der Waals surface area contributed by atoms with E-state index in [2.05, 4.69) is 6.58 Å². The zero-order valence-electron chi connectivity index (χ0n) is 7.47. The summed E-state index contributed by atoms with van der Waals surface area (Å²) in [6, 6.07) is 4.56. The van der Waals surface area contributed by atoms with Crippen molar-refractivity contribution in [3.8, 4) is 5.75 Å². The van der Waals surface area contributed by atoms with Gasteiger partial charge in [0.15, 0.2) is 0 Å². The molecule has 0 unspecified atom stereocenters. The molecule has 0 saturated carbocycles. The predicted molar refractivity (Wildman–Crippen MR) is 54.8 cm³/mol. The van der Waals surface area contributed by atoms with Crippen molar-refractivity contribution < 1.29 is 15.0 Å². The zero-order chi connectivity index (χ0) is 11.1. The number of rotatable bonds is 1. The summed E-state index contributed by atoms with van der Waals surface area (Å²) in [5, 5.41) is 16.5. The van der Waals surface area contributed by atoms with Crippen LogP contribution in [0, 0.1) is 0 Å². The van der Waals surface area contributed by atoms with Gasteiger partial charge in [0.05, 0.1) is 5.69 Å². The van der Waals surface area contributed by atoms with Gasteiger partial charge in [-0.2, -0.15) is 0 Å². The quantitative estimate of drug-likeness (QED) is 0.230. The van der Waals surface area contributed by atoms with Crippen LogP contribution in [0.1, 0.15) is 0 Å². The molecule has 0 heterocycles. The molecule has 0 aromatic heterocycles. The molecule has 0 aliphatic carbocycles. The summed E-state index contributed by atoms with van der Waals surface area (Å²) in [6.45, 7) is 2.96. The maximum atomic E-state index is 9.25. The van der Waals surface area contributed by atoms with E-state index in [9.17, 15) is 4.79 Å². The van der Waals surface area contributed by atoms with Gasteiger partial charge in [0, 0.05) is 11.8 Å². The molecule has 0 radical (unpaired) electrons. The number of nitrogens with two attached hydrogens (primary N) is 2. The van der Waals surface area contributed by atoms with Gasteiger partial charge in [0.25, 0.3) is 0 Å². The second-order valence-electron chi connectivity index (χ2n) is 2.36. The molecule has 0 fully saturated rings. The number of carboxylic acids is 1. The SMILES string of the molecule is C=CC(=O)O.Nc1ccc(O)c(N)c1. The number of nitrogen functional groups attached to an aromatic ring is 2. The number of phenolic OH excluding ortho intramolecular Hbond substituents is 1. The van der Waals surface area contributed by atoms with E-state index in [0.717, 1.165) is 6.08 Å². The summed E-state index contributed by atoms with van der Waals surface area (Å²) >= 11 is 0. The molecule has 76 valence electrons. The summed E-state index contributed by atoms with van der Waals surface area (Å²) in [4.78, 5) is 9.25. The van der Waals surface area contributed by atoms with Crippen LogP contribution in [-0.4, -0.2) is 16.2 Å². The summed E-state index contributed by atoms with van der Waals surface area (Å²) in [7, 11) is 0. The van der Waals surface area contributed by atoms with Gasteiger partial charge in [0.2, 0.25) is 0 Å². The fourth-order valence-electron chi connectivity index (χ4n) is 0.573. The zero-order valence-corrected chi connectivity index (χ0v) is 7.47. The van der Waals surface area contributed by atoms with Gasteiger partial charge in [0.1, 0.15) is 5.75 Å². The number of anilines is 2. The normalized spacial score (nSPS) is 8.29. The molecular weight excluding hydrogens is 184 g/mol. The Morgan fingerprint density at radius 2 is 1.93 bits per heavy atom. The van der Waals surface area contributed by atoms with Crippen LogP contribution in [0.2, 0.25) is 0 Å². The highest BCUT2D eigenvalue weighted by Gasteiger charge is 1.93. The average Bonchev–Trinajstić information content (AvgIpc) is 2.13. The monoisotopic (exact) mass is 196 g/mol. The number of carboxylic acid groups (broad SMARTS) is 1. The molecule has 5 heteroatoms. The van der Waals surface area contributed by atoms with Gasteiger partial charge >= 0.3 is 5.97 Å². The molecule has 5 nitrogen and oxygen atoms in total. The molecule has 14 heavy (non-hydrogen) atoms. The Morgan fingerprint density at radius 1 is 1.43 bits per heavy atom. The molecule has 0 bridgehead atoms. The third-order valence-corrected chi connectivity index (χ3v) is 1.23. The average molecular weight is 196 g/mol. The topological polar surface area (TPSA) is 110 Å². The highest BCUT2D eigenvalue weighted by Crippen LogP contribution is 2.20. The minimum atomic E-state index is -0.981. The lowest BCUT2D eigenvalue weighted by Gasteiger charge is -1.97. The van der Waals surface area contributed by atoms with Gasteiger partial charge in [-0.3, -0.25) is 0 Å². The lowest BCUT2D eigenvalue weighted by molar-refractivity contribution is -0.131. The number of benzene rings is 1. The molecule has 1 aromatic carbocycles. The summed E-state index contributed by atoms with van der Waals surface area (Å²) < 4.78 is 0. The first kappa shape index (κ1) is 11.8. The van der Waals surface area contributed by atoms with E-state index < -0.39 is 5.97 Å². The van der Waals surface area contributed by atoms with Gasteiger partial charge in [-0.05, 0) is 18.2 Å². The van der Waals surface area contributed by atoms with Crippen LogP contribution < -0.4 is 11.5 Å². The Morgan fingerprint density at radius 3 is 2.21 bits per heavy atom. The van der Waals surface area contributed by atoms with Crippen molar-refractivity contribution in [2.24, 2.45) is 0 Å². The van der Waals surface area contributed by atoms with Crippen molar-refractivity contribution in [3.05, 3.63) is 30.9 Å². The number of aromatic hydroxyl groups is 1. The van der Waals surface area contributed by atoms with E-state index in [0.29, 0.717) is 11.4 Å². The van der Waals surface area contributed by atoms with Crippen LogP contribution in [0.3, 0.4) is 0 Å². The lowest BCUT2D eigenvalue weighted by atomic mass is 10.3. The maximum Gasteiger partial charge on any atom is 0.327 e. The molecule has 6 N–H and O–H groups in total. The predicted octanol–water partition coefficient (Wildman–Crippen LogP) is 0.814. The first-order valence-corrected chi connectivity index (χ1v) is 3.66. The first-order chi connectivity index (χ1) is 6.47. The van der Waals surface area contributed by atoms with Crippen LogP contribution in [0.25, 0.3) is 0 Å². The second kappa shape index (κ2) is 5.47. The van der Waals surface area contributed by atoms with Crippen molar-refractivity contribution in [2.45, 2.75) is 0 Å². The van der Waals surface area contributed by atoms with Gasteiger partial charge in [-0.25, -0.2) is 4.79 Å². The molecule has 0 aliphatic rings. The number of hydrogen-bond donors (Lipinski definition) is 4. The lowest BCUT2D eigenvalue weighted by Crippen LogP contribution is -1.88. The van der Waals surface area contributed by atoms with E-state index in [1.165, 1.54) is 12.1 Å². The minimum absolute atomic E-state index is 0.0733. The standard InChI is InChI=1S/C6H8N2O.C3H4O2/c7-4-1-2-6(9)5(8)3-4;1-2-3(4)5/h1-3,9H,7-8H2;2H,1H2,(H,4,5). The maximum absolute atomic E-state index is 9.25. The van der Waals surface area contributed by atoms with Crippen molar-refractivity contribution in [3.63, 3.8) is 0 Å². The van der Waals surface area contributed by atoms with E-state index in [1.807, 2.05) is 0 Å². The van der Waals surface area contributed by atoms with Crippen LogP contribution >= 0.6 is 0 Å². The third kappa shape index (κ3) is 4.66. The molecule has 0 spiro atoms. The minimum Gasteiger partial charge on any atom is -0.506 e. The summed E-state index contributed by atoms with van der Waals surface area (Å²) in [5.74, 6) is -0.908. The van der Waals surface area contributed by atoms with E-state index >= 15 is 0 Å². The van der Waals surface area contributed by atoms with Gasteiger partial charge < -0.3 is 21.7 Å². The molecule has 0 saturated heterocycles. The first-order valence-electron chi connectivity index (χ1n) is 3.66. The fourth-order valence-corrected chi connectivity index (χ4v) is 0.573. The largest absolute Gasteiger partial charge is 0.506 e. The third-order valence-electron chi connectivity index (χ3n) is 1.23. The van der Waals surface area contributed by atoms with Gasteiger partial charge in [-0.15, -0.1) is 0 Å². The fraction of sp³-hybridized carbons (Fsp3) is 0. The van der Waals surface area contributed by atoms with Crippen LogP contribution in [0.4, 0.5) is 11.4 Å².